The van der Waals surface area contributed by atoms with Gasteiger partial charge in [-0.25, -0.2) is 13.1 Å². The van der Waals surface area contributed by atoms with Gasteiger partial charge < -0.3 is 4.74 Å². The van der Waals surface area contributed by atoms with Crippen LogP contribution >= 0.6 is 0 Å². The zero-order valence-electron chi connectivity index (χ0n) is 12.0. The van der Waals surface area contributed by atoms with E-state index in [1.807, 2.05) is 12.1 Å². The van der Waals surface area contributed by atoms with Crippen molar-refractivity contribution in [1.29, 1.82) is 0 Å². The molecule has 0 saturated heterocycles. The molecule has 0 aliphatic heterocycles. The molecule has 0 saturated carbocycles. The number of methoxy groups -OCH3 is 1. The molecule has 0 fully saturated rings. The van der Waals surface area contributed by atoms with Gasteiger partial charge in [0.25, 0.3) is 0 Å². The number of rotatable bonds is 7. The monoisotopic (exact) mass is 297 g/mol. The van der Waals surface area contributed by atoms with E-state index >= 15 is 0 Å². The van der Waals surface area contributed by atoms with E-state index in [1.54, 1.807) is 13.2 Å². The summed E-state index contributed by atoms with van der Waals surface area (Å²) in [5.74, 6) is 0. The van der Waals surface area contributed by atoms with E-state index in [9.17, 15) is 8.42 Å². The second-order valence-corrected chi connectivity index (χ2v) is 7.00. The largest absolute Gasteiger partial charge is 0.385 e. The number of nitrogens with one attached hydrogen (secondary N) is 1. The van der Waals surface area contributed by atoms with Crippen LogP contribution in [0.3, 0.4) is 0 Å². The van der Waals surface area contributed by atoms with Gasteiger partial charge in [-0.15, -0.1) is 0 Å². The lowest BCUT2D eigenvalue weighted by atomic mass is 9.92. The molecule has 1 aliphatic carbocycles. The van der Waals surface area contributed by atoms with Crippen LogP contribution in [0.1, 0.15) is 36.8 Å². The molecule has 0 atom stereocenters. The van der Waals surface area contributed by atoms with Gasteiger partial charge in [-0.05, 0) is 61.8 Å². The Bertz CT molecular complexity index is 540. The standard InChI is InChI=1S/C15H23NO3S/c1-19-11-5-4-10-16-20(17,18)15-9-8-13-6-2-3-7-14(13)12-15/h8-9,12,16H,2-7,10-11H2,1H3. The predicted octanol–water partition coefficient (Wildman–Crippen LogP) is 2.27. The first-order valence-corrected chi connectivity index (χ1v) is 8.72. The Kier molecular flexibility index (Phi) is 5.57. The second kappa shape index (κ2) is 7.20. The summed E-state index contributed by atoms with van der Waals surface area (Å²) >= 11 is 0. The highest BCUT2D eigenvalue weighted by Crippen LogP contribution is 2.23. The fourth-order valence-corrected chi connectivity index (χ4v) is 3.66. The van der Waals surface area contributed by atoms with E-state index in [0.717, 1.165) is 32.1 Å². The van der Waals surface area contributed by atoms with Crippen molar-refractivity contribution in [3.05, 3.63) is 29.3 Å². The number of hydrogen-bond donors (Lipinski definition) is 1. The molecule has 0 aromatic heterocycles. The highest BCUT2D eigenvalue weighted by molar-refractivity contribution is 7.89. The van der Waals surface area contributed by atoms with Gasteiger partial charge in [-0.3, -0.25) is 0 Å². The maximum absolute atomic E-state index is 12.2. The van der Waals surface area contributed by atoms with Gasteiger partial charge in [-0.2, -0.15) is 0 Å². The molecule has 2 rings (SSSR count). The first-order valence-electron chi connectivity index (χ1n) is 7.24. The quantitative estimate of drug-likeness (QED) is 0.786. The summed E-state index contributed by atoms with van der Waals surface area (Å²) in [6.07, 6.45) is 6.08. The normalized spacial score (nSPS) is 15.1. The number of sulfonamides is 1. The lowest BCUT2D eigenvalue weighted by Gasteiger charge is -2.16. The summed E-state index contributed by atoms with van der Waals surface area (Å²) in [5, 5.41) is 0. The second-order valence-electron chi connectivity index (χ2n) is 5.24. The molecule has 1 aromatic carbocycles. The van der Waals surface area contributed by atoms with Gasteiger partial charge >= 0.3 is 0 Å². The average molecular weight is 297 g/mol. The topological polar surface area (TPSA) is 55.4 Å². The third-order valence-electron chi connectivity index (χ3n) is 3.70. The predicted molar refractivity (Wildman–Crippen MR) is 79.4 cm³/mol. The van der Waals surface area contributed by atoms with Crippen molar-refractivity contribution in [2.24, 2.45) is 0 Å². The molecule has 5 heteroatoms. The Balaban J connectivity index is 1.98. The molecule has 112 valence electrons. The smallest absolute Gasteiger partial charge is 0.240 e. The Hall–Kier alpha value is -0.910. The van der Waals surface area contributed by atoms with Crippen LogP contribution < -0.4 is 4.72 Å². The lowest BCUT2D eigenvalue weighted by Crippen LogP contribution is -2.25. The average Bonchev–Trinajstić information content (AvgIpc) is 2.46. The third-order valence-corrected chi connectivity index (χ3v) is 5.16. The molecule has 20 heavy (non-hydrogen) atoms. The van der Waals surface area contributed by atoms with Gasteiger partial charge in [0.15, 0.2) is 0 Å². The van der Waals surface area contributed by atoms with Crippen LogP contribution in [0.4, 0.5) is 0 Å². The number of ether oxygens (including phenoxy) is 1. The number of benzene rings is 1. The maximum Gasteiger partial charge on any atom is 0.240 e. The fourth-order valence-electron chi connectivity index (χ4n) is 2.54. The number of fused-ring (bicyclic) bond motifs is 1. The minimum Gasteiger partial charge on any atom is -0.385 e. The van der Waals surface area contributed by atoms with Gasteiger partial charge in [-0.1, -0.05) is 6.07 Å². The highest BCUT2D eigenvalue weighted by atomic mass is 32.2. The van der Waals surface area contributed by atoms with Crippen molar-refractivity contribution in [1.82, 2.24) is 4.72 Å². The molecule has 0 unspecified atom stereocenters. The Morgan fingerprint density at radius 1 is 1.15 bits per heavy atom. The van der Waals surface area contributed by atoms with Gasteiger partial charge in [0.2, 0.25) is 10.0 Å². The van der Waals surface area contributed by atoms with E-state index in [1.165, 1.54) is 17.5 Å². The first kappa shape index (κ1) is 15.5. The van der Waals surface area contributed by atoms with Crippen LogP contribution in [0.15, 0.2) is 23.1 Å². The van der Waals surface area contributed by atoms with Crippen LogP contribution in [0.25, 0.3) is 0 Å². The van der Waals surface area contributed by atoms with E-state index in [2.05, 4.69) is 4.72 Å². The number of aryl methyl sites for hydroxylation is 2. The SMILES string of the molecule is COCCCCNS(=O)(=O)c1ccc2c(c1)CCCC2. The summed E-state index contributed by atoms with van der Waals surface area (Å²) in [6, 6.07) is 5.53. The molecule has 1 aliphatic rings. The highest BCUT2D eigenvalue weighted by Gasteiger charge is 2.17. The molecule has 1 N–H and O–H groups in total. The Morgan fingerprint density at radius 3 is 2.65 bits per heavy atom. The molecular formula is C15H23NO3S. The number of hydrogen-bond acceptors (Lipinski definition) is 3. The van der Waals surface area contributed by atoms with Crippen LogP contribution in [-0.2, 0) is 27.6 Å². The van der Waals surface area contributed by atoms with Crippen LogP contribution in [0, 0.1) is 0 Å². The zero-order chi connectivity index (χ0) is 14.4. The molecule has 4 nitrogen and oxygen atoms in total. The summed E-state index contributed by atoms with van der Waals surface area (Å²) in [5.41, 5.74) is 2.49. The molecule has 0 heterocycles. The summed E-state index contributed by atoms with van der Waals surface area (Å²) < 4.78 is 32.0. The van der Waals surface area contributed by atoms with Gasteiger partial charge in [0, 0.05) is 20.3 Å². The number of unbranched alkanes of at least 4 members (excludes halogenated alkanes) is 1. The van der Waals surface area contributed by atoms with Crippen molar-refractivity contribution in [3.63, 3.8) is 0 Å². The Morgan fingerprint density at radius 2 is 1.90 bits per heavy atom. The minimum atomic E-state index is -3.37. The van der Waals surface area contributed by atoms with Gasteiger partial charge in [0.05, 0.1) is 4.90 Å². The summed E-state index contributed by atoms with van der Waals surface area (Å²) in [4.78, 5) is 0.393. The molecule has 1 aromatic rings. The Labute approximate surface area is 121 Å². The molecule has 0 radical (unpaired) electrons. The van der Waals surface area contributed by atoms with E-state index in [-0.39, 0.29) is 0 Å². The van der Waals surface area contributed by atoms with Crippen molar-refractivity contribution in [3.8, 4) is 0 Å². The van der Waals surface area contributed by atoms with Crippen LogP contribution in [-0.4, -0.2) is 28.7 Å². The van der Waals surface area contributed by atoms with Crippen molar-refractivity contribution in [2.45, 2.75) is 43.4 Å². The van der Waals surface area contributed by atoms with Crippen molar-refractivity contribution in [2.75, 3.05) is 20.3 Å². The minimum absolute atomic E-state index is 0.393. The summed E-state index contributed by atoms with van der Waals surface area (Å²) in [6.45, 7) is 1.13. The fraction of sp³-hybridized carbons (Fsp3) is 0.600. The molecule has 0 spiro atoms. The van der Waals surface area contributed by atoms with Crippen LogP contribution in [0.5, 0.6) is 0 Å². The molecule has 0 amide bonds. The third kappa shape index (κ3) is 4.04. The molecule has 0 bridgehead atoms. The lowest BCUT2D eigenvalue weighted by molar-refractivity contribution is 0.193. The van der Waals surface area contributed by atoms with E-state index < -0.39 is 10.0 Å². The first-order chi connectivity index (χ1) is 9.63. The molecular weight excluding hydrogens is 274 g/mol. The van der Waals surface area contributed by atoms with Crippen LogP contribution in [0.2, 0.25) is 0 Å². The van der Waals surface area contributed by atoms with Crippen molar-refractivity contribution < 1.29 is 13.2 Å². The maximum atomic E-state index is 12.2. The van der Waals surface area contributed by atoms with E-state index in [0.29, 0.717) is 18.0 Å². The zero-order valence-corrected chi connectivity index (χ0v) is 12.8. The van der Waals surface area contributed by atoms with Crippen molar-refractivity contribution >= 4 is 10.0 Å². The van der Waals surface area contributed by atoms with Gasteiger partial charge in [0.1, 0.15) is 0 Å². The summed E-state index contributed by atoms with van der Waals surface area (Å²) in [7, 11) is -1.72. The van der Waals surface area contributed by atoms with E-state index in [4.69, 9.17) is 4.74 Å².